The molecule has 0 spiro atoms. The molecule has 0 aliphatic heterocycles. The number of nitrogens with one attached hydrogen (secondary N) is 1. The second-order valence-electron chi connectivity index (χ2n) is 3.72. The Morgan fingerprint density at radius 2 is 1.90 bits per heavy atom. The summed E-state index contributed by atoms with van der Waals surface area (Å²) in [5.41, 5.74) is 0.872. The summed E-state index contributed by atoms with van der Waals surface area (Å²) in [4.78, 5) is 22.6. The van der Waals surface area contributed by atoms with Crippen LogP contribution in [0, 0.1) is 0 Å². The Morgan fingerprint density at radius 1 is 1.15 bits per heavy atom. The number of alkyl carbamates (subject to hydrolysis) is 1. The molecule has 20 heavy (non-hydrogen) atoms. The average molecular weight is 298 g/mol. The van der Waals surface area contributed by atoms with E-state index < -0.39 is 12.1 Å². The molecule has 0 unspecified atom stereocenters. The summed E-state index contributed by atoms with van der Waals surface area (Å²) < 4.78 is 9.73. The number of carbonyl (C=O) groups excluding carboxylic acids is 2. The molecule has 1 N–H and O–H groups in total. The molecule has 0 bridgehead atoms. The van der Waals surface area contributed by atoms with Crippen LogP contribution in [0.4, 0.5) is 4.79 Å². The van der Waals surface area contributed by atoms with Gasteiger partial charge in [0.15, 0.2) is 0 Å². The zero-order valence-corrected chi connectivity index (χ0v) is 11.6. The summed E-state index contributed by atoms with van der Waals surface area (Å²) in [5.74, 6) is -0.178. The number of hydrogen-bond acceptors (Lipinski definition) is 4. The van der Waals surface area contributed by atoms with Crippen molar-refractivity contribution in [3.05, 3.63) is 48.0 Å². The molecule has 0 fully saturated rings. The minimum Gasteiger partial charge on any atom is -0.460 e. The van der Waals surface area contributed by atoms with E-state index in [0.29, 0.717) is 5.88 Å². The number of benzene rings is 1. The largest absolute Gasteiger partial charge is 0.460 e. The standard InChI is InChI=1S/C14H16ClNO4/c15-8-4-5-9-19-13(17)10-16-14(18)20-11-12-6-2-1-3-7-12/h1-7H,8-11H2,(H,16,18)/b5-4+. The van der Waals surface area contributed by atoms with Crippen molar-refractivity contribution in [2.45, 2.75) is 6.61 Å². The molecular formula is C14H16ClNO4. The number of carbonyl (C=O) groups is 2. The molecule has 0 aromatic heterocycles. The molecule has 0 saturated carbocycles. The van der Waals surface area contributed by atoms with Gasteiger partial charge in [0.25, 0.3) is 0 Å². The van der Waals surface area contributed by atoms with E-state index in [1.54, 1.807) is 12.2 Å². The summed E-state index contributed by atoms with van der Waals surface area (Å²) in [5, 5.41) is 2.31. The summed E-state index contributed by atoms with van der Waals surface area (Å²) in [6.07, 6.45) is 2.62. The lowest BCUT2D eigenvalue weighted by Crippen LogP contribution is -2.31. The van der Waals surface area contributed by atoms with E-state index in [0.717, 1.165) is 5.56 Å². The van der Waals surface area contributed by atoms with Crippen LogP contribution in [0.15, 0.2) is 42.5 Å². The number of allylic oxidation sites excluding steroid dienone is 1. The Hall–Kier alpha value is -2.01. The summed E-state index contributed by atoms with van der Waals surface area (Å²) in [6.45, 7) is 0.0504. The highest BCUT2D eigenvalue weighted by Gasteiger charge is 2.06. The van der Waals surface area contributed by atoms with E-state index in [1.165, 1.54) is 0 Å². The van der Waals surface area contributed by atoms with Crippen LogP contribution in [0.3, 0.4) is 0 Å². The first kappa shape index (κ1) is 16.0. The van der Waals surface area contributed by atoms with Crippen molar-refractivity contribution in [2.24, 2.45) is 0 Å². The SMILES string of the molecule is O=C(CNC(=O)OCc1ccccc1)OC/C=C/CCl. The fourth-order valence-corrected chi connectivity index (χ4v) is 1.37. The molecular weight excluding hydrogens is 282 g/mol. The third kappa shape index (κ3) is 7.43. The minimum absolute atomic E-state index is 0.131. The van der Waals surface area contributed by atoms with Gasteiger partial charge in [-0.3, -0.25) is 4.79 Å². The molecule has 5 nitrogen and oxygen atoms in total. The van der Waals surface area contributed by atoms with E-state index in [4.69, 9.17) is 21.1 Å². The molecule has 108 valence electrons. The first-order valence-corrected chi connectivity index (χ1v) is 6.57. The minimum atomic E-state index is -0.665. The molecule has 0 aliphatic rings. The van der Waals surface area contributed by atoms with Gasteiger partial charge in [0.05, 0.1) is 0 Å². The summed E-state index contributed by atoms with van der Waals surface area (Å²) in [7, 11) is 0. The average Bonchev–Trinajstić information content (AvgIpc) is 2.48. The van der Waals surface area contributed by atoms with Crippen LogP contribution in [0.25, 0.3) is 0 Å². The molecule has 1 amide bonds. The second kappa shape index (κ2) is 9.86. The maximum atomic E-state index is 11.3. The fraction of sp³-hybridized carbons (Fsp3) is 0.286. The lowest BCUT2D eigenvalue weighted by atomic mass is 10.2. The maximum absolute atomic E-state index is 11.3. The highest BCUT2D eigenvalue weighted by molar-refractivity contribution is 6.18. The predicted octanol–water partition coefficient (Wildman–Crippen LogP) is 2.25. The quantitative estimate of drug-likeness (QED) is 0.476. The Morgan fingerprint density at radius 3 is 2.60 bits per heavy atom. The second-order valence-corrected chi connectivity index (χ2v) is 4.03. The molecule has 0 radical (unpaired) electrons. The van der Waals surface area contributed by atoms with Crippen LogP contribution in [0.5, 0.6) is 0 Å². The van der Waals surface area contributed by atoms with Gasteiger partial charge in [0.2, 0.25) is 0 Å². The van der Waals surface area contributed by atoms with Gasteiger partial charge in [-0.2, -0.15) is 0 Å². The Kier molecular flexibility index (Phi) is 7.91. The first-order chi connectivity index (χ1) is 9.72. The molecule has 0 heterocycles. The normalized spacial score (nSPS) is 10.2. The van der Waals surface area contributed by atoms with Crippen molar-refractivity contribution >= 4 is 23.7 Å². The van der Waals surface area contributed by atoms with Crippen molar-refractivity contribution in [3.63, 3.8) is 0 Å². The number of ether oxygens (including phenoxy) is 2. The van der Waals surface area contributed by atoms with Crippen LogP contribution in [0.2, 0.25) is 0 Å². The fourth-order valence-electron chi connectivity index (χ4n) is 1.24. The number of alkyl halides is 1. The summed E-state index contributed by atoms with van der Waals surface area (Å²) in [6, 6.07) is 9.25. The van der Waals surface area contributed by atoms with Crippen LogP contribution < -0.4 is 5.32 Å². The molecule has 1 aromatic rings. The molecule has 1 rings (SSSR count). The number of hydrogen-bond donors (Lipinski definition) is 1. The highest BCUT2D eigenvalue weighted by atomic mass is 35.5. The Balaban J connectivity index is 2.13. The Bertz CT molecular complexity index is 448. The van der Waals surface area contributed by atoms with Gasteiger partial charge in [0.1, 0.15) is 19.8 Å². The number of halogens is 1. The first-order valence-electron chi connectivity index (χ1n) is 6.03. The van der Waals surface area contributed by atoms with Crippen molar-refractivity contribution in [2.75, 3.05) is 19.0 Å². The van der Waals surface area contributed by atoms with Gasteiger partial charge < -0.3 is 14.8 Å². The lowest BCUT2D eigenvalue weighted by Gasteiger charge is -2.06. The van der Waals surface area contributed by atoms with Gasteiger partial charge >= 0.3 is 12.1 Å². The third-order valence-corrected chi connectivity index (χ3v) is 2.36. The van der Waals surface area contributed by atoms with E-state index in [9.17, 15) is 9.59 Å². The van der Waals surface area contributed by atoms with Gasteiger partial charge in [0, 0.05) is 5.88 Å². The highest BCUT2D eigenvalue weighted by Crippen LogP contribution is 2.00. The third-order valence-electron chi connectivity index (χ3n) is 2.19. The van der Waals surface area contributed by atoms with Crippen LogP contribution in [-0.4, -0.2) is 31.1 Å². The molecule has 0 saturated heterocycles. The van der Waals surface area contributed by atoms with E-state index in [2.05, 4.69) is 5.32 Å². The van der Waals surface area contributed by atoms with E-state index in [-0.39, 0.29) is 19.8 Å². The topological polar surface area (TPSA) is 64.6 Å². The summed E-state index contributed by atoms with van der Waals surface area (Å²) >= 11 is 5.40. The number of esters is 1. The lowest BCUT2D eigenvalue weighted by molar-refractivity contribution is -0.141. The maximum Gasteiger partial charge on any atom is 0.407 e. The zero-order chi connectivity index (χ0) is 14.6. The van der Waals surface area contributed by atoms with Gasteiger partial charge in [-0.05, 0) is 5.56 Å². The van der Waals surface area contributed by atoms with Crippen LogP contribution in [-0.2, 0) is 20.9 Å². The zero-order valence-electron chi connectivity index (χ0n) is 10.9. The number of amides is 1. The smallest absolute Gasteiger partial charge is 0.407 e. The monoisotopic (exact) mass is 297 g/mol. The van der Waals surface area contributed by atoms with Crippen molar-refractivity contribution in [1.82, 2.24) is 5.32 Å². The molecule has 1 aromatic carbocycles. The van der Waals surface area contributed by atoms with E-state index >= 15 is 0 Å². The molecule has 0 aliphatic carbocycles. The molecule has 6 heteroatoms. The van der Waals surface area contributed by atoms with Crippen LogP contribution >= 0.6 is 11.6 Å². The van der Waals surface area contributed by atoms with Crippen molar-refractivity contribution < 1.29 is 19.1 Å². The van der Waals surface area contributed by atoms with E-state index in [1.807, 2.05) is 30.3 Å². The van der Waals surface area contributed by atoms with Crippen molar-refractivity contribution in [3.8, 4) is 0 Å². The van der Waals surface area contributed by atoms with Crippen LogP contribution in [0.1, 0.15) is 5.56 Å². The van der Waals surface area contributed by atoms with Gasteiger partial charge in [-0.1, -0.05) is 42.5 Å². The Labute approximate surface area is 122 Å². The van der Waals surface area contributed by atoms with Gasteiger partial charge in [-0.25, -0.2) is 4.79 Å². The number of rotatable bonds is 7. The molecule has 0 atom stereocenters. The van der Waals surface area contributed by atoms with Gasteiger partial charge in [-0.15, -0.1) is 11.6 Å². The predicted molar refractivity (Wildman–Crippen MR) is 75.4 cm³/mol. The van der Waals surface area contributed by atoms with Crippen molar-refractivity contribution in [1.29, 1.82) is 0 Å².